The van der Waals surface area contributed by atoms with E-state index in [9.17, 15) is 0 Å². The monoisotopic (exact) mass is 425 g/mol. The number of hydrogen-bond donors (Lipinski definition) is 1. The number of ether oxygens (including phenoxy) is 2. The van der Waals surface area contributed by atoms with Crippen LogP contribution in [0.1, 0.15) is 0 Å². The molecule has 1 N–H and O–H groups in total. The summed E-state index contributed by atoms with van der Waals surface area (Å²) < 4.78 is 11.3. The molecule has 1 fully saturated rings. The maximum atomic E-state index is 5.95. The SMILES string of the molecule is c1ccc(-c2nc(-c3ccc(OCCN4CCOCC4)cc3)[nH]c2-c2ccccc2)cc1. The standard InChI is InChI=1S/C27H27N3O2/c1-3-7-21(8-4-1)25-26(22-9-5-2-6-10-22)29-27(28-25)23-11-13-24(14-12-23)32-20-17-30-15-18-31-19-16-30/h1-14H,15-20H2,(H,28,29). The predicted molar refractivity (Wildman–Crippen MR) is 128 cm³/mol. The quantitative estimate of drug-likeness (QED) is 0.446. The summed E-state index contributed by atoms with van der Waals surface area (Å²) >= 11 is 0. The fourth-order valence-corrected chi connectivity index (χ4v) is 3.95. The van der Waals surface area contributed by atoms with Crippen molar-refractivity contribution < 1.29 is 9.47 Å². The fourth-order valence-electron chi connectivity index (χ4n) is 3.95. The Kier molecular flexibility index (Phi) is 6.28. The van der Waals surface area contributed by atoms with Gasteiger partial charge in [-0.3, -0.25) is 4.90 Å². The number of benzene rings is 3. The van der Waals surface area contributed by atoms with Gasteiger partial charge in [-0.25, -0.2) is 4.98 Å². The van der Waals surface area contributed by atoms with Gasteiger partial charge in [-0.05, 0) is 24.3 Å². The zero-order chi connectivity index (χ0) is 21.6. The molecule has 0 saturated carbocycles. The molecule has 1 aliphatic heterocycles. The number of morpholine rings is 1. The van der Waals surface area contributed by atoms with E-state index in [1.54, 1.807) is 0 Å². The van der Waals surface area contributed by atoms with Gasteiger partial charge < -0.3 is 14.5 Å². The highest BCUT2D eigenvalue weighted by Gasteiger charge is 2.15. The summed E-state index contributed by atoms with van der Waals surface area (Å²) in [5.41, 5.74) is 5.23. The number of aromatic nitrogens is 2. The Bertz CT molecular complexity index is 1060. The Morgan fingerprint density at radius 3 is 2.12 bits per heavy atom. The molecular weight excluding hydrogens is 398 g/mol. The third-order valence-corrected chi connectivity index (χ3v) is 5.72. The molecule has 1 saturated heterocycles. The first kappa shape index (κ1) is 20.5. The van der Waals surface area contributed by atoms with Gasteiger partial charge in [0.2, 0.25) is 0 Å². The maximum Gasteiger partial charge on any atom is 0.138 e. The van der Waals surface area contributed by atoms with E-state index in [1.807, 2.05) is 48.5 Å². The van der Waals surface area contributed by atoms with Crippen LogP contribution in [0, 0.1) is 0 Å². The fraction of sp³-hybridized carbons (Fsp3) is 0.222. The van der Waals surface area contributed by atoms with E-state index in [2.05, 4.69) is 46.3 Å². The summed E-state index contributed by atoms with van der Waals surface area (Å²) in [4.78, 5) is 10.9. The van der Waals surface area contributed by atoms with Gasteiger partial charge in [-0.1, -0.05) is 60.7 Å². The van der Waals surface area contributed by atoms with E-state index in [0.29, 0.717) is 6.61 Å². The molecule has 3 aromatic carbocycles. The van der Waals surface area contributed by atoms with Crippen LogP contribution in [0.4, 0.5) is 0 Å². The number of rotatable bonds is 7. The second-order valence-corrected chi connectivity index (χ2v) is 7.87. The lowest BCUT2D eigenvalue weighted by atomic mass is 10.1. The lowest BCUT2D eigenvalue weighted by Crippen LogP contribution is -2.38. The molecule has 0 aliphatic carbocycles. The summed E-state index contributed by atoms with van der Waals surface area (Å²) in [5, 5.41) is 0. The van der Waals surface area contributed by atoms with E-state index < -0.39 is 0 Å². The van der Waals surface area contributed by atoms with Crippen molar-refractivity contribution in [3.8, 4) is 39.7 Å². The molecule has 0 spiro atoms. The predicted octanol–water partition coefficient (Wildman–Crippen LogP) is 5.12. The van der Waals surface area contributed by atoms with E-state index in [-0.39, 0.29) is 0 Å². The smallest absolute Gasteiger partial charge is 0.138 e. The molecule has 0 unspecified atom stereocenters. The molecule has 5 nitrogen and oxygen atoms in total. The highest BCUT2D eigenvalue weighted by atomic mass is 16.5. The number of aromatic amines is 1. The molecule has 4 aromatic rings. The minimum Gasteiger partial charge on any atom is -0.492 e. The highest BCUT2D eigenvalue weighted by molar-refractivity contribution is 5.81. The van der Waals surface area contributed by atoms with Crippen LogP contribution in [0.3, 0.4) is 0 Å². The van der Waals surface area contributed by atoms with Crippen LogP contribution in [0.15, 0.2) is 84.9 Å². The number of nitrogens with one attached hydrogen (secondary N) is 1. The van der Waals surface area contributed by atoms with Crippen molar-refractivity contribution in [2.75, 3.05) is 39.5 Å². The molecule has 0 bridgehead atoms. The summed E-state index contributed by atoms with van der Waals surface area (Å²) in [5.74, 6) is 1.72. The van der Waals surface area contributed by atoms with Crippen molar-refractivity contribution in [3.05, 3.63) is 84.9 Å². The van der Waals surface area contributed by atoms with Gasteiger partial charge in [-0.15, -0.1) is 0 Å². The molecule has 162 valence electrons. The first-order chi connectivity index (χ1) is 15.9. The minimum absolute atomic E-state index is 0.677. The molecular formula is C27H27N3O2. The molecule has 0 radical (unpaired) electrons. The average Bonchev–Trinajstić information content (AvgIpc) is 3.32. The van der Waals surface area contributed by atoms with E-state index in [0.717, 1.165) is 72.5 Å². The maximum absolute atomic E-state index is 5.95. The second kappa shape index (κ2) is 9.81. The van der Waals surface area contributed by atoms with Crippen LogP contribution >= 0.6 is 0 Å². The average molecular weight is 426 g/mol. The van der Waals surface area contributed by atoms with Crippen LogP contribution in [0.2, 0.25) is 0 Å². The molecule has 1 aliphatic rings. The molecule has 5 heteroatoms. The van der Waals surface area contributed by atoms with Crippen molar-refractivity contribution >= 4 is 0 Å². The van der Waals surface area contributed by atoms with Gasteiger partial charge in [0, 0.05) is 36.3 Å². The molecule has 1 aromatic heterocycles. The summed E-state index contributed by atoms with van der Waals surface area (Å²) in [6.45, 7) is 5.19. The van der Waals surface area contributed by atoms with Crippen molar-refractivity contribution in [1.82, 2.24) is 14.9 Å². The first-order valence-electron chi connectivity index (χ1n) is 11.1. The van der Waals surface area contributed by atoms with Crippen molar-refractivity contribution in [2.24, 2.45) is 0 Å². The topological polar surface area (TPSA) is 50.4 Å². The number of H-pyrrole nitrogens is 1. The van der Waals surface area contributed by atoms with Gasteiger partial charge in [0.05, 0.1) is 24.6 Å². The third kappa shape index (κ3) is 4.74. The Labute approximate surface area is 188 Å². The Hall–Kier alpha value is -3.41. The van der Waals surface area contributed by atoms with Crippen LogP contribution in [0.25, 0.3) is 33.9 Å². The van der Waals surface area contributed by atoms with Crippen LogP contribution in [0.5, 0.6) is 5.75 Å². The van der Waals surface area contributed by atoms with E-state index in [1.165, 1.54) is 0 Å². The van der Waals surface area contributed by atoms with Crippen molar-refractivity contribution in [1.29, 1.82) is 0 Å². The Balaban J connectivity index is 1.34. The van der Waals surface area contributed by atoms with Crippen LogP contribution in [-0.4, -0.2) is 54.3 Å². The van der Waals surface area contributed by atoms with Crippen molar-refractivity contribution in [2.45, 2.75) is 0 Å². The highest BCUT2D eigenvalue weighted by Crippen LogP contribution is 2.33. The van der Waals surface area contributed by atoms with Crippen LogP contribution in [-0.2, 0) is 4.74 Å². The Morgan fingerprint density at radius 1 is 0.781 bits per heavy atom. The summed E-state index contributed by atoms with van der Waals surface area (Å²) in [6.07, 6.45) is 0. The summed E-state index contributed by atoms with van der Waals surface area (Å²) in [7, 11) is 0. The molecule has 5 rings (SSSR count). The number of imidazole rings is 1. The van der Waals surface area contributed by atoms with Gasteiger partial charge in [0.15, 0.2) is 0 Å². The second-order valence-electron chi connectivity index (χ2n) is 7.87. The number of hydrogen-bond acceptors (Lipinski definition) is 4. The minimum atomic E-state index is 0.677. The van der Waals surface area contributed by atoms with Crippen molar-refractivity contribution in [3.63, 3.8) is 0 Å². The largest absolute Gasteiger partial charge is 0.492 e. The Morgan fingerprint density at radius 2 is 1.44 bits per heavy atom. The van der Waals surface area contributed by atoms with Gasteiger partial charge in [0.1, 0.15) is 18.2 Å². The molecule has 0 amide bonds. The molecule has 2 heterocycles. The lowest BCUT2D eigenvalue weighted by Gasteiger charge is -2.26. The first-order valence-corrected chi connectivity index (χ1v) is 11.1. The van der Waals surface area contributed by atoms with Gasteiger partial charge >= 0.3 is 0 Å². The lowest BCUT2D eigenvalue weighted by molar-refractivity contribution is 0.0322. The van der Waals surface area contributed by atoms with Gasteiger partial charge in [-0.2, -0.15) is 0 Å². The van der Waals surface area contributed by atoms with Gasteiger partial charge in [0.25, 0.3) is 0 Å². The zero-order valence-corrected chi connectivity index (χ0v) is 18.0. The molecule has 32 heavy (non-hydrogen) atoms. The normalized spacial score (nSPS) is 14.4. The van der Waals surface area contributed by atoms with Crippen LogP contribution < -0.4 is 4.74 Å². The van der Waals surface area contributed by atoms with E-state index >= 15 is 0 Å². The molecule has 0 atom stereocenters. The van der Waals surface area contributed by atoms with E-state index in [4.69, 9.17) is 14.5 Å². The third-order valence-electron chi connectivity index (χ3n) is 5.72. The summed E-state index contributed by atoms with van der Waals surface area (Å²) in [6, 6.07) is 28.8. The zero-order valence-electron chi connectivity index (χ0n) is 18.0. The number of nitrogens with zero attached hydrogens (tertiary/aromatic N) is 2.